The number of rotatable bonds is 5. The van der Waals surface area contributed by atoms with Crippen molar-refractivity contribution in [1.82, 2.24) is 5.48 Å². The molecule has 0 aliphatic carbocycles. The Hall–Kier alpha value is -0.770. The molecular formula is C4H10N4O. The molecule has 0 heterocycles. The molecular weight excluding hydrogens is 120 g/mol. The maximum atomic E-state index is 7.83. The molecule has 5 nitrogen and oxygen atoms in total. The quantitative estimate of drug-likeness (QED) is 0.197. The van der Waals surface area contributed by atoms with Gasteiger partial charge in [-0.3, -0.25) is 0 Å². The smallest absolute Gasteiger partial charge is 0.0572 e. The van der Waals surface area contributed by atoms with Gasteiger partial charge >= 0.3 is 0 Å². The monoisotopic (exact) mass is 130 g/mol. The van der Waals surface area contributed by atoms with Crippen molar-refractivity contribution in [1.29, 1.82) is 0 Å². The van der Waals surface area contributed by atoms with Gasteiger partial charge in [-0.2, -0.15) is 0 Å². The Morgan fingerprint density at radius 3 is 3.11 bits per heavy atom. The van der Waals surface area contributed by atoms with Crippen molar-refractivity contribution in [2.24, 2.45) is 5.11 Å². The molecule has 9 heavy (non-hydrogen) atoms. The lowest BCUT2D eigenvalue weighted by Crippen LogP contribution is -2.13. The summed E-state index contributed by atoms with van der Waals surface area (Å²) in [6.45, 7) is 1.24. The molecule has 0 radical (unpaired) electrons. The van der Waals surface area contributed by atoms with E-state index in [4.69, 9.17) is 5.53 Å². The molecule has 1 N–H and O–H groups in total. The fraction of sp³-hybridized carbons (Fsp3) is 1.00. The molecule has 0 bridgehead atoms. The molecule has 0 spiro atoms. The van der Waals surface area contributed by atoms with Gasteiger partial charge in [0.15, 0.2) is 0 Å². The molecule has 0 aromatic carbocycles. The third kappa shape index (κ3) is 7.23. The summed E-state index contributed by atoms with van der Waals surface area (Å²) < 4.78 is 0. The van der Waals surface area contributed by atoms with E-state index in [0.29, 0.717) is 6.54 Å². The first-order chi connectivity index (χ1) is 4.41. The van der Waals surface area contributed by atoms with Gasteiger partial charge in [0, 0.05) is 18.0 Å². The van der Waals surface area contributed by atoms with E-state index in [0.717, 1.165) is 13.0 Å². The van der Waals surface area contributed by atoms with Crippen molar-refractivity contribution in [3.63, 3.8) is 0 Å². The average molecular weight is 130 g/mol. The van der Waals surface area contributed by atoms with Gasteiger partial charge in [0.2, 0.25) is 0 Å². The highest BCUT2D eigenvalue weighted by Crippen LogP contribution is 1.77. The van der Waals surface area contributed by atoms with Gasteiger partial charge in [-0.25, -0.2) is 5.48 Å². The minimum atomic E-state index is 0.521. The van der Waals surface area contributed by atoms with Crippen LogP contribution in [-0.2, 0) is 4.84 Å². The van der Waals surface area contributed by atoms with Crippen LogP contribution in [0.4, 0.5) is 0 Å². The Morgan fingerprint density at radius 1 is 1.78 bits per heavy atom. The number of nitrogens with one attached hydrogen (secondary N) is 1. The minimum absolute atomic E-state index is 0.521. The van der Waals surface area contributed by atoms with Crippen LogP contribution in [0, 0.1) is 0 Å². The fourth-order valence-electron chi connectivity index (χ4n) is 0.369. The van der Waals surface area contributed by atoms with Crippen molar-refractivity contribution in [2.75, 3.05) is 20.2 Å². The lowest BCUT2D eigenvalue weighted by atomic mass is 10.4. The molecule has 0 amide bonds. The predicted octanol–water partition coefficient (Wildman–Crippen LogP) is 0.838. The van der Waals surface area contributed by atoms with E-state index in [2.05, 4.69) is 20.3 Å². The van der Waals surface area contributed by atoms with E-state index in [-0.39, 0.29) is 0 Å². The average Bonchev–Trinajstić information content (AvgIpc) is 1.89. The van der Waals surface area contributed by atoms with Gasteiger partial charge in [0.25, 0.3) is 0 Å². The van der Waals surface area contributed by atoms with Crippen molar-refractivity contribution < 1.29 is 4.84 Å². The zero-order valence-electron chi connectivity index (χ0n) is 5.37. The third-order valence-corrected chi connectivity index (χ3v) is 0.745. The largest absolute Gasteiger partial charge is 0.305 e. The minimum Gasteiger partial charge on any atom is -0.305 e. The second-order valence-electron chi connectivity index (χ2n) is 1.41. The Balaban J connectivity index is 2.82. The van der Waals surface area contributed by atoms with Crippen LogP contribution < -0.4 is 5.48 Å². The lowest BCUT2D eigenvalue weighted by Gasteiger charge is -1.95. The van der Waals surface area contributed by atoms with Crippen molar-refractivity contribution >= 4 is 0 Å². The van der Waals surface area contributed by atoms with Gasteiger partial charge in [-0.05, 0) is 12.0 Å². The second kappa shape index (κ2) is 7.23. The Morgan fingerprint density at radius 2 is 2.56 bits per heavy atom. The molecule has 0 aliphatic heterocycles. The van der Waals surface area contributed by atoms with E-state index in [1.54, 1.807) is 7.11 Å². The van der Waals surface area contributed by atoms with Crippen molar-refractivity contribution in [3.8, 4) is 0 Å². The highest BCUT2D eigenvalue weighted by atomic mass is 16.6. The normalized spacial score (nSPS) is 8.56. The lowest BCUT2D eigenvalue weighted by molar-refractivity contribution is 0.0915. The summed E-state index contributed by atoms with van der Waals surface area (Å²) >= 11 is 0. The molecule has 0 atom stereocenters. The van der Waals surface area contributed by atoms with Crippen LogP contribution in [-0.4, -0.2) is 20.2 Å². The Kier molecular flexibility index (Phi) is 6.61. The van der Waals surface area contributed by atoms with Crippen LogP contribution in [0.25, 0.3) is 10.4 Å². The summed E-state index contributed by atoms with van der Waals surface area (Å²) in [7, 11) is 1.55. The van der Waals surface area contributed by atoms with Crippen LogP contribution in [0.2, 0.25) is 0 Å². The maximum Gasteiger partial charge on any atom is 0.0572 e. The third-order valence-electron chi connectivity index (χ3n) is 0.745. The van der Waals surface area contributed by atoms with E-state index < -0.39 is 0 Å². The van der Waals surface area contributed by atoms with Gasteiger partial charge < -0.3 is 4.84 Å². The topological polar surface area (TPSA) is 70.0 Å². The summed E-state index contributed by atoms with van der Waals surface area (Å²) in [5.74, 6) is 0. The van der Waals surface area contributed by atoms with E-state index in [9.17, 15) is 0 Å². The predicted molar refractivity (Wildman–Crippen MR) is 33.6 cm³/mol. The van der Waals surface area contributed by atoms with Crippen molar-refractivity contribution in [2.45, 2.75) is 6.42 Å². The van der Waals surface area contributed by atoms with Gasteiger partial charge in [0.1, 0.15) is 0 Å². The Labute approximate surface area is 53.6 Å². The van der Waals surface area contributed by atoms with Gasteiger partial charge in [-0.1, -0.05) is 5.11 Å². The molecule has 0 saturated carbocycles. The molecule has 0 aromatic rings. The Bertz CT molecular complexity index is 98.7. The first-order valence-electron chi connectivity index (χ1n) is 2.68. The van der Waals surface area contributed by atoms with E-state index in [1.807, 2.05) is 0 Å². The number of azide groups is 1. The molecule has 0 aromatic heterocycles. The van der Waals surface area contributed by atoms with E-state index >= 15 is 0 Å². The second-order valence-corrected chi connectivity index (χ2v) is 1.41. The molecule has 0 aliphatic rings. The van der Waals surface area contributed by atoms with Crippen LogP contribution >= 0.6 is 0 Å². The molecule has 0 saturated heterocycles. The summed E-state index contributed by atoms with van der Waals surface area (Å²) in [5.41, 5.74) is 10.5. The summed E-state index contributed by atoms with van der Waals surface area (Å²) in [5, 5.41) is 3.33. The highest BCUT2D eigenvalue weighted by Gasteiger charge is 1.81. The van der Waals surface area contributed by atoms with Crippen LogP contribution in [0.5, 0.6) is 0 Å². The molecule has 0 rings (SSSR count). The molecule has 0 fully saturated rings. The number of nitrogens with zero attached hydrogens (tertiary/aromatic N) is 3. The number of hydroxylamine groups is 1. The number of hydrogen-bond donors (Lipinski definition) is 1. The van der Waals surface area contributed by atoms with E-state index in [1.165, 1.54) is 0 Å². The number of hydrogen-bond acceptors (Lipinski definition) is 3. The van der Waals surface area contributed by atoms with Gasteiger partial charge in [0.05, 0.1) is 7.11 Å². The van der Waals surface area contributed by atoms with Crippen molar-refractivity contribution in [3.05, 3.63) is 10.4 Å². The molecule has 5 heteroatoms. The van der Waals surface area contributed by atoms with Crippen LogP contribution in [0.1, 0.15) is 6.42 Å². The molecule has 0 unspecified atom stereocenters. The highest BCUT2D eigenvalue weighted by molar-refractivity contribution is 4.46. The maximum absolute atomic E-state index is 7.83. The zero-order chi connectivity index (χ0) is 6.95. The molecule has 52 valence electrons. The SMILES string of the molecule is CONCCCN=[N+]=[N-]. The zero-order valence-corrected chi connectivity index (χ0v) is 5.37. The van der Waals surface area contributed by atoms with Crippen LogP contribution in [0.3, 0.4) is 0 Å². The summed E-state index contributed by atoms with van der Waals surface area (Å²) in [6.07, 6.45) is 0.803. The first-order valence-corrected chi connectivity index (χ1v) is 2.68. The summed E-state index contributed by atoms with van der Waals surface area (Å²) in [6, 6.07) is 0. The van der Waals surface area contributed by atoms with Gasteiger partial charge in [-0.15, -0.1) is 0 Å². The summed E-state index contributed by atoms with van der Waals surface area (Å²) in [4.78, 5) is 7.13. The fourth-order valence-corrected chi connectivity index (χ4v) is 0.369. The van der Waals surface area contributed by atoms with Crippen LogP contribution in [0.15, 0.2) is 5.11 Å². The standard InChI is InChI=1S/C4H10N4O/c1-9-7-4-2-3-6-8-5/h7H,2-4H2,1H3. The first kappa shape index (κ1) is 8.23.